The minimum Gasteiger partial charge on any atom is -0.496 e. The molecule has 0 unspecified atom stereocenters. The lowest BCUT2D eigenvalue weighted by Crippen LogP contribution is -2.23. The van der Waals surface area contributed by atoms with Crippen LogP contribution < -0.4 is 14.8 Å². The van der Waals surface area contributed by atoms with Crippen LogP contribution in [0.4, 0.5) is 4.39 Å². The van der Waals surface area contributed by atoms with Crippen molar-refractivity contribution in [2.24, 2.45) is 0 Å². The first-order valence-electron chi connectivity index (χ1n) is 6.39. The van der Waals surface area contributed by atoms with Gasteiger partial charge in [0.1, 0.15) is 17.3 Å². The van der Waals surface area contributed by atoms with Crippen LogP contribution in [-0.2, 0) is 6.54 Å². The Bertz CT molecular complexity index is 643. The summed E-state index contributed by atoms with van der Waals surface area (Å²) in [7, 11) is 3.00. The van der Waals surface area contributed by atoms with Crippen LogP contribution in [0.1, 0.15) is 15.9 Å². The topological polar surface area (TPSA) is 47.6 Å². The van der Waals surface area contributed by atoms with Gasteiger partial charge in [0.25, 0.3) is 5.91 Å². The fraction of sp³-hybridized carbons (Fsp3) is 0.188. The van der Waals surface area contributed by atoms with Crippen LogP contribution in [0.2, 0.25) is 0 Å². The van der Waals surface area contributed by atoms with Gasteiger partial charge in [0.15, 0.2) is 0 Å². The van der Waals surface area contributed by atoms with Crippen LogP contribution in [0.3, 0.4) is 0 Å². The summed E-state index contributed by atoms with van der Waals surface area (Å²) in [4.78, 5) is 12.2. The van der Waals surface area contributed by atoms with Gasteiger partial charge in [-0.1, -0.05) is 18.2 Å². The molecule has 0 radical (unpaired) electrons. The van der Waals surface area contributed by atoms with Crippen molar-refractivity contribution in [3.05, 3.63) is 59.4 Å². The van der Waals surface area contributed by atoms with Gasteiger partial charge in [-0.2, -0.15) is 0 Å². The number of carbonyl (C=O) groups excluding carboxylic acids is 1. The van der Waals surface area contributed by atoms with Crippen molar-refractivity contribution < 1.29 is 18.7 Å². The molecule has 0 saturated carbocycles. The zero-order valence-electron chi connectivity index (χ0n) is 11.9. The van der Waals surface area contributed by atoms with Gasteiger partial charge in [-0.15, -0.1) is 0 Å². The smallest absolute Gasteiger partial charge is 0.255 e. The van der Waals surface area contributed by atoms with Crippen molar-refractivity contribution in [1.29, 1.82) is 0 Å². The van der Waals surface area contributed by atoms with E-state index in [2.05, 4.69) is 5.32 Å². The predicted octanol–water partition coefficient (Wildman–Crippen LogP) is 2.77. The average molecular weight is 289 g/mol. The van der Waals surface area contributed by atoms with Gasteiger partial charge in [-0.05, 0) is 24.3 Å². The molecule has 5 heteroatoms. The molecule has 2 aromatic rings. The van der Waals surface area contributed by atoms with Crippen LogP contribution >= 0.6 is 0 Å². The Hall–Kier alpha value is -2.56. The first-order chi connectivity index (χ1) is 10.2. The van der Waals surface area contributed by atoms with Crippen LogP contribution in [-0.4, -0.2) is 20.1 Å². The van der Waals surface area contributed by atoms with E-state index in [1.165, 1.54) is 19.2 Å². The van der Waals surface area contributed by atoms with E-state index in [0.717, 1.165) is 11.6 Å². The Morgan fingerprint density at radius 3 is 2.52 bits per heavy atom. The SMILES string of the molecule is COc1ccccc1CNC(=O)c1cc(F)ccc1OC. The van der Waals surface area contributed by atoms with E-state index >= 15 is 0 Å². The van der Waals surface area contributed by atoms with Gasteiger partial charge < -0.3 is 14.8 Å². The molecule has 0 aliphatic heterocycles. The average Bonchev–Trinajstić information content (AvgIpc) is 2.52. The van der Waals surface area contributed by atoms with Crippen molar-refractivity contribution >= 4 is 5.91 Å². The lowest BCUT2D eigenvalue weighted by Gasteiger charge is -2.11. The van der Waals surface area contributed by atoms with Crippen molar-refractivity contribution in [2.75, 3.05) is 14.2 Å². The molecule has 0 saturated heterocycles. The second-order valence-electron chi connectivity index (χ2n) is 4.34. The molecular weight excluding hydrogens is 273 g/mol. The van der Waals surface area contributed by atoms with Crippen LogP contribution in [0.5, 0.6) is 11.5 Å². The number of para-hydroxylation sites is 1. The molecule has 1 N–H and O–H groups in total. The van der Waals surface area contributed by atoms with Crippen LogP contribution in [0.15, 0.2) is 42.5 Å². The fourth-order valence-corrected chi connectivity index (χ4v) is 1.98. The molecule has 0 aliphatic carbocycles. The zero-order chi connectivity index (χ0) is 15.2. The highest BCUT2D eigenvalue weighted by Crippen LogP contribution is 2.20. The number of methoxy groups -OCH3 is 2. The van der Waals surface area contributed by atoms with Crippen molar-refractivity contribution in [2.45, 2.75) is 6.54 Å². The van der Waals surface area contributed by atoms with E-state index in [1.54, 1.807) is 7.11 Å². The number of hydrogen-bond donors (Lipinski definition) is 1. The molecule has 21 heavy (non-hydrogen) atoms. The summed E-state index contributed by atoms with van der Waals surface area (Å²) < 4.78 is 23.5. The molecule has 0 spiro atoms. The Labute approximate surface area is 122 Å². The first-order valence-corrected chi connectivity index (χ1v) is 6.39. The Balaban J connectivity index is 2.13. The van der Waals surface area contributed by atoms with Crippen molar-refractivity contribution in [1.82, 2.24) is 5.32 Å². The monoisotopic (exact) mass is 289 g/mol. The maximum absolute atomic E-state index is 13.3. The Kier molecular flexibility index (Phi) is 4.77. The van der Waals surface area contributed by atoms with Gasteiger partial charge in [0, 0.05) is 12.1 Å². The third-order valence-corrected chi connectivity index (χ3v) is 3.04. The summed E-state index contributed by atoms with van der Waals surface area (Å²) >= 11 is 0. The Morgan fingerprint density at radius 1 is 1.10 bits per heavy atom. The molecule has 0 atom stereocenters. The largest absolute Gasteiger partial charge is 0.496 e. The molecule has 1 amide bonds. The maximum atomic E-state index is 13.3. The molecule has 0 aliphatic rings. The molecule has 2 rings (SSSR count). The molecule has 2 aromatic carbocycles. The van der Waals surface area contributed by atoms with E-state index in [0.29, 0.717) is 11.5 Å². The molecule has 0 aromatic heterocycles. The second kappa shape index (κ2) is 6.74. The lowest BCUT2D eigenvalue weighted by atomic mass is 10.1. The molecule has 0 fully saturated rings. The van der Waals surface area contributed by atoms with E-state index in [1.807, 2.05) is 24.3 Å². The fourth-order valence-electron chi connectivity index (χ4n) is 1.98. The maximum Gasteiger partial charge on any atom is 0.255 e. The van der Waals surface area contributed by atoms with E-state index in [4.69, 9.17) is 9.47 Å². The summed E-state index contributed by atoms with van der Waals surface area (Å²) in [6.07, 6.45) is 0. The second-order valence-corrected chi connectivity index (χ2v) is 4.34. The normalized spacial score (nSPS) is 10.0. The molecular formula is C16H16FNO3. The predicted molar refractivity (Wildman–Crippen MR) is 77.1 cm³/mol. The highest BCUT2D eigenvalue weighted by Gasteiger charge is 2.13. The summed E-state index contributed by atoms with van der Waals surface area (Å²) in [6, 6.07) is 11.2. The van der Waals surface area contributed by atoms with Gasteiger partial charge in [0.05, 0.1) is 19.8 Å². The van der Waals surface area contributed by atoms with E-state index in [-0.39, 0.29) is 12.1 Å². The van der Waals surface area contributed by atoms with Gasteiger partial charge >= 0.3 is 0 Å². The molecule has 4 nitrogen and oxygen atoms in total. The van der Waals surface area contributed by atoms with Gasteiger partial charge in [-0.25, -0.2) is 4.39 Å². The zero-order valence-corrected chi connectivity index (χ0v) is 11.9. The lowest BCUT2D eigenvalue weighted by molar-refractivity contribution is 0.0947. The number of nitrogens with one attached hydrogen (secondary N) is 1. The number of rotatable bonds is 5. The number of ether oxygens (including phenoxy) is 2. The minimum absolute atomic E-state index is 0.160. The van der Waals surface area contributed by atoms with Crippen molar-refractivity contribution in [3.8, 4) is 11.5 Å². The van der Waals surface area contributed by atoms with E-state index in [9.17, 15) is 9.18 Å². The highest BCUT2D eigenvalue weighted by atomic mass is 19.1. The summed E-state index contributed by atoms with van der Waals surface area (Å²) in [6.45, 7) is 0.280. The minimum atomic E-state index is -0.488. The number of halogens is 1. The third kappa shape index (κ3) is 3.51. The summed E-state index contributed by atoms with van der Waals surface area (Å²) in [5.74, 6) is 0.119. The summed E-state index contributed by atoms with van der Waals surface area (Å²) in [5.41, 5.74) is 0.996. The van der Waals surface area contributed by atoms with Crippen molar-refractivity contribution in [3.63, 3.8) is 0 Å². The van der Waals surface area contributed by atoms with Gasteiger partial charge in [-0.3, -0.25) is 4.79 Å². The number of benzene rings is 2. The van der Waals surface area contributed by atoms with E-state index < -0.39 is 11.7 Å². The first kappa shape index (κ1) is 14.8. The standard InChI is InChI=1S/C16H16FNO3/c1-20-14-6-4-3-5-11(14)10-18-16(19)13-9-12(17)7-8-15(13)21-2/h3-9H,10H2,1-2H3,(H,18,19). The van der Waals surface area contributed by atoms with Crippen LogP contribution in [0, 0.1) is 5.82 Å². The molecule has 110 valence electrons. The van der Waals surface area contributed by atoms with Gasteiger partial charge in [0.2, 0.25) is 0 Å². The number of hydrogen-bond acceptors (Lipinski definition) is 3. The van der Waals surface area contributed by atoms with Crippen LogP contribution in [0.25, 0.3) is 0 Å². The number of carbonyl (C=O) groups is 1. The number of amides is 1. The quantitative estimate of drug-likeness (QED) is 0.920. The Morgan fingerprint density at radius 2 is 1.81 bits per heavy atom. The molecule has 0 heterocycles. The third-order valence-electron chi connectivity index (χ3n) is 3.04. The highest BCUT2D eigenvalue weighted by molar-refractivity contribution is 5.96. The molecule has 0 bridgehead atoms. The summed E-state index contributed by atoms with van der Waals surface area (Å²) in [5, 5.41) is 2.73.